The summed E-state index contributed by atoms with van der Waals surface area (Å²) in [7, 11) is 0. The Kier molecular flexibility index (Phi) is 4.61. The molecule has 1 aromatic carbocycles. The summed E-state index contributed by atoms with van der Waals surface area (Å²) in [6.07, 6.45) is 4.46. The highest BCUT2D eigenvalue weighted by Gasteiger charge is 2.10. The second kappa shape index (κ2) is 6.02. The molecule has 1 rings (SSSR count). The number of allylic oxidation sites excluding steroid dienone is 1. The van der Waals surface area contributed by atoms with Crippen molar-refractivity contribution < 1.29 is 9.53 Å². The summed E-state index contributed by atoms with van der Waals surface area (Å²) in [5.41, 5.74) is 0.598. The lowest BCUT2D eigenvalue weighted by Crippen LogP contribution is -2.15. The molecule has 0 aliphatic heterocycles. The highest BCUT2D eigenvalue weighted by Crippen LogP contribution is 2.07. The molecule has 0 saturated carbocycles. The van der Waals surface area contributed by atoms with Crippen LogP contribution in [0.4, 0.5) is 0 Å². The van der Waals surface area contributed by atoms with Crippen LogP contribution in [0.2, 0.25) is 0 Å². The van der Waals surface area contributed by atoms with Gasteiger partial charge in [0.25, 0.3) is 0 Å². The van der Waals surface area contributed by atoms with Gasteiger partial charge < -0.3 is 4.74 Å². The van der Waals surface area contributed by atoms with Gasteiger partial charge in [-0.05, 0) is 31.6 Å². The largest absolute Gasteiger partial charge is 0.455 e. The number of carbonyl (C=O) groups is 1. The average molecular weight is 204 g/mol. The Balaban J connectivity index is 2.63. The van der Waals surface area contributed by atoms with E-state index in [-0.39, 0.29) is 12.1 Å². The van der Waals surface area contributed by atoms with Crippen LogP contribution >= 0.6 is 0 Å². The number of rotatable bonds is 4. The van der Waals surface area contributed by atoms with E-state index in [9.17, 15) is 4.79 Å². The Morgan fingerprint density at radius 1 is 1.40 bits per heavy atom. The molecule has 2 heteroatoms. The van der Waals surface area contributed by atoms with Gasteiger partial charge in [-0.3, -0.25) is 0 Å². The van der Waals surface area contributed by atoms with Gasteiger partial charge in [0, 0.05) is 0 Å². The van der Waals surface area contributed by atoms with Gasteiger partial charge in [-0.1, -0.05) is 31.2 Å². The summed E-state index contributed by atoms with van der Waals surface area (Å²) in [5, 5.41) is 0. The van der Waals surface area contributed by atoms with E-state index in [1.54, 1.807) is 12.1 Å². The highest BCUT2D eigenvalue weighted by molar-refractivity contribution is 5.89. The maximum Gasteiger partial charge on any atom is 0.338 e. The molecule has 1 aromatic rings. The van der Waals surface area contributed by atoms with E-state index >= 15 is 0 Å². The summed E-state index contributed by atoms with van der Waals surface area (Å²) < 4.78 is 5.30. The van der Waals surface area contributed by atoms with Crippen LogP contribution in [0.25, 0.3) is 0 Å². The molecule has 0 radical (unpaired) electrons. The Morgan fingerprint density at radius 2 is 2.07 bits per heavy atom. The van der Waals surface area contributed by atoms with Crippen molar-refractivity contribution in [3.8, 4) is 0 Å². The fraction of sp³-hybridized carbons (Fsp3) is 0.308. The van der Waals surface area contributed by atoms with Crippen molar-refractivity contribution in [3.05, 3.63) is 48.0 Å². The summed E-state index contributed by atoms with van der Waals surface area (Å²) in [6.45, 7) is 3.90. The standard InChI is InChI=1S/C13H16O2/c1-3-8-12(4-2)15-13(14)11-9-6-5-7-10-11/h3,5-10,12H,4H2,1-2H3/b8-3+. The molecule has 1 unspecified atom stereocenters. The number of benzene rings is 1. The first-order chi connectivity index (χ1) is 7.27. The van der Waals surface area contributed by atoms with Crippen LogP contribution < -0.4 is 0 Å². The Morgan fingerprint density at radius 3 is 2.60 bits per heavy atom. The van der Waals surface area contributed by atoms with Crippen molar-refractivity contribution in [1.29, 1.82) is 0 Å². The maximum absolute atomic E-state index is 11.6. The highest BCUT2D eigenvalue weighted by atomic mass is 16.5. The quantitative estimate of drug-likeness (QED) is 0.556. The molecule has 0 spiro atoms. The first kappa shape index (κ1) is 11.5. The molecule has 0 bridgehead atoms. The molecule has 2 nitrogen and oxygen atoms in total. The van der Waals surface area contributed by atoms with E-state index in [4.69, 9.17) is 4.74 Å². The summed E-state index contributed by atoms with van der Waals surface area (Å²) in [4.78, 5) is 11.6. The number of esters is 1. The van der Waals surface area contributed by atoms with Crippen molar-refractivity contribution >= 4 is 5.97 Å². The van der Waals surface area contributed by atoms with Gasteiger partial charge in [-0.2, -0.15) is 0 Å². The minimum atomic E-state index is -0.263. The van der Waals surface area contributed by atoms with E-state index in [0.717, 1.165) is 6.42 Å². The first-order valence-electron chi connectivity index (χ1n) is 5.16. The van der Waals surface area contributed by atoms with Crippen LogP contribution in [0.3, 0.4) is 0 Å². The van der Waals surface area contributed by atoms with Gasteiger partial charge in [0.15, 0.2) is 0 Å². The summed E-state index contributed by atoms with van der Waals surface area (Å²) >= 11 is 0. The van der Waals surface area contributed by atoms with E-state index < -0.39 is 0 Å². The number of ether oxygens (including phenoxy) is 1. The second-order valence-electron chi connectivity index (χ2n) is 3.24. The third kappa shape index (κ3) is 3.58. The monoisotopic (exact) mass is 204 g/mol. The van der Waals surface area contributed by atoms with E-state index in [0.29, 0.717) is 5.56 Å². The van der Waals surface area contributed by atoms with Gasteiger partial charge in [-0.25, -0.2) is 4.79 Å². The molecule has 0 N–H and O–H groups in total. The summed E-state index contributed by atoms with van der Waals surface area (Å²) in [5.74, 6) is -0.263. The van der Waals surface area contributed by atoms with Crippen molar-refractivity contribution in [2.24, 2.45) is 0 Å². The van der Waals surface area contributed by atoms with E-state index in [2.05, 4.69) is 0 Å². The van der Waals surface area contributed by atoms with Crippen molar-refractivity contribution in [3.63, 3.8) is 0 Å². The lowest BCUT2D eigenvalue weighted by Gasteiger charge is -2.11. The average Bonchev–Trinajstić information content (AvgIpc) is 2.29. The summed E-state index contributed by atoms with van der Waals surface area (Å²) in [6, 6.07) is 9.04. The second-order valence-corrected chi connectivity index (χ2v) is 3.24. The molecule has 1 atom stereocenters. The van der Waals surface area contributed by atoms with Gasteiger partial charge >= 0.3 is 5.97 Å². The molecule has 0 amide bonds. The molecule has 0 aliphatic rings. The Hall–Kier alpha value is -1.57. The SMILES string of the molecule is C/C=C/C(CC)OC(=O)c1ccccc1. The zero-order valence-electron chi connectivity index (χ0n) is 9.14. The molecule has 0 aliphatic carbocycles. The van der Waals surface area contributed by atoms with Crippen LogP contribution in [0.1, 0.15) is 30.6 Å². The van der Waals surface area contributed by atoms with E-state index in [1.807, 2.05) is 44.2 Å². The Bertz CT molecular complexity index is 328. The minimum absolute atomic E-state index is 0.122. The lowest BCUT2D eigenvalue weighted by atomic mass is 10.2. The number of hydrogen-bond acceptors (Lipinski definition) is 2. The molecule has 0 saturated heterocycles. The minimum Gasteiger partial charge on any atom is -0.455 e. The fourth-order valence-corrected chi connectivity index (χ4v) is 1.25. The molecular formula is C13H16O2. The molecule has 15 heavy (non-hydrogen) atoms. The van der Waals surface area contributed by atoms with Gasteiger partial charge in [-0.15, -0.1) is 0 Å². The first-order valence-corrected chi connectivity index (χ1v) is 5.16. The van der Waals surface area contributed by atoms with E-state index in [1.165, 1.54) is 0 Å². The van der Waals surface area contributed by atoms with Crippen molar-refractivity contribution in [1.82, 2.24) is 0 Å². The third-order valence-corrected chi connectivity index (χ3v) is 2.08. The maximum atomic E-state index is 11.6. The number of carbonyl (C=O) groups excluding carboxylic acids is 1. The van der Waals surface area contributed by atoms with Crippen molar-refractivity contribution in [2.45, 2.75) is 26.4 Å². The topological polar surface area (TPSA) is 26.3 Å². The normalized spacial score (nSPS) is 12.7. The third-order valence-electron chi connectivity index (χ3n) is 2.08. The molecule has 0 fully saturated rings. The smallest absolute Gasteiger partial charge is 0.338 e. The van der Waals surface area contributed by atoms with Crippen LogP contribution in [0, 0.1) is 0 Å². The lowest BCUT2D eigenvalue weighted by molar-refractivity contribution is 0.0388. The molecule has 80 valence electrons. The zero-order valence-corrected chi connectivity index (χ0v) is 9.14. The number of hydrogen-bond donors (Lipinski definition) is 0. The van der Waals surface area contributed by atoms with Gasteiger partial charge in [0.2, 0.25) is 0 Å². The van der Waals surface area contributed by atoms with Crippen LogP contribution in [-0.2, 0) is 4.74 Å². The molecule has 0 aromatic heterocycles. The molecule has 0 heterocycles. The van der Waals surface area contributed by atoms with Crippen molar-refractivity contribution in [2.75, 3.05) is 0 Å². The van der Waals surface area contributed by atoms with Crippen LogP contribution in [-0.4, -0.2) is 12.1 Å². The zero-order chi connectivity index (χ0) is 11.1. The Labute approximate surface area is 90.6 Å². The van der Waals surface area contributed by atoms with Crippen LogP contribution in [0.5, 0.6) is 0 Å². The van der Waals surface area contributed by atoms with Gasteiger partial charge in [0.05, 0.1) is 5.56 Å². The predicted octanol–water partition coefficient (Wildman–Crippen LogP) is 3.20. The van der Waals surface area contributed by atoms with Gasteiger partial charge in [0.1, 0.15) is 6.10 Å². The fourth-order valence-electron chi connectivity index (χ4n) is 1.25. The molecular weight excluding hydrogens is 188 g/mol. The van der Waals surface area contributed by atoms with Crippen LogP contribution in [0.15, 0.2) is 42.5 Å². The predicted molar refractivity (Wildman–Crippen MR) is 60.8 cm³/mol.